The lowest BCUT2D eigenvalue weighted by molar-refractivity contribution is -0.899. The second-order valence-corrected chi connectivity index (χ2v) is 23.2. The monoisotopic (exact) mass is 1250 g/mol. The van der Waals surface area contributed by atoms with Gasteiger partial charge in [-0.1, -0.05) is 135 Å². The van der Waals surface area contributed by atoms with Gasteiger partial charge in [0, 0.05) is 37.5 Å². The fourth-order valence-electron chi connectivity index (χ4n) is 11.9. The van der Waals surface area contributed by atoms with Gasteiger partial charge >= 0.3 is 30.5 Å². The number of nitrogens with zero attached hydrogens (tertiary/aromatic N) is 2. The van der Waals surface area contributed by atoms with Crippen LogP contribution >= 0.6 is 0 Å². The Kier molecular flexibility index (Phi) is 24.5. The summed E-state index contributed by atoms with van der Waals surface area (Å²) >= 11 is 0. The first kappa shape index (κ1) is 69.9. The maximum Gasteiger partial charge on any atom is 0.430 e. The average molecular weight is 1250 g/mol. The largest absolute Gasteiger partial charge is 0.542 e. The minimum atomic E-state index is -5.19. The van der Waals surface area contributed by atoms with Gasteiger partial charge in [0.2, 0.25) is 0 Å². The summed E-state index contributed by atoms with van der Waals surface area (Å²) in [6.45, 7) is 5.83. The van der Waals surface area contributed by atoms with Gasteiger partial charge < -0.3 is 57.9 Å². The van der Waals surface area contributed by atoms with Crippen molar-refractivity contribution in [3.63, 3.8) is 0 Å². The molecule has 2 N–H and O–H groups in total. The fraction of sp³-hybridized carbons (Fsp3) is 0.477. The van der Waals surface area contributed by atoms with Crippen LogP contribution in [0.1, 0.15) is 93.7 Å². The molecule has 480 valence electrons. The minimum absolute atomic E-state index is 0.0846. The lowest BCUT2D eigenvalue weighted by Gasteiger charge is -2.33. The van der Waals surface area contributed by atoms with Crippen LogP contribution in [-0.4, -0.2) is 134 Å². The lowest BCUT2D eigenvalue weighted by atomic mass is 9.80. The quantitative estimate of drug-likeness (QED) is 0.0345. The van der Waals surface area contributed by atoms with E-state index in [0.29, 0.717) is 48.2 Å². The van der Waals surface area contributed by atoms with Crippen LogP contribution in [0.4, 0.5) is 39.5 Å². The molecule has 0 amide bonds. The highest BCUT2D eigenvalue weighted by atomic mass is 19.4. The Morgan fingerprint density at radius 1 is 0.477 bits per heavy atom. The molecule has 4 aliphatic rings. The van der Waals surface area contributed by atoms with Gasteiger partial charge in [0.1, 0.15) is 36.5 Å². The van der Waals surface area contributed by atoms with Crippen molar-refractivity contribution in [1.29, 1.82) is 0 Å². The van der Waals surface area contributed by atoms with Crippen molar-refractivity contribution < 1.29 is 107 Å². The Bertz CT molecular complexity index is 2980. The highest BCUT2D eigenvalue weighted by Gasteiger charge is 2.51. The number of carbonyl (C=O) groups is 4. The average Bonchev–Trinajstić information content (AvgIpc) is 3.33. The van der Waals surface area contributed by atoms with E-state index in [1.807, 2.05) is 78.9 Å². The molecule has 0 bridgehead atoms. The summed E-state index contributed by atoms with van der Waals surface area (Å²) in [6.07, 6.45) is -4.76. The van der Waals surface area contributed by atoms with E-state index in [1.165, 1.54) is 23.3 Å². The molecule has 23 heteroatoms. The fourth-order valence-corrected chi connectivity index (χ4v) is 11.9. The molecular formula is C65H75F9N2O12. The molecule has 6 unspecified atom stereocenters. The second kappa shape index (κ2) is 30.8. The zero-order valence-electron chi connectivity index (χ0n) is 49.0. The lowest BCUT2D eigenvalue weighted by Crippen LogP contribution is -2.47. The van der Waals surface area contributed by atoms with E-state index in [-0.39, 0.29) is 29.8 Å². The van der Waals surface area contributed by atoms with E-state index in [4.69, 9.17) is 38.7 Å². The predicted octanol–water partition coefficient (Wildman–Crippen LogP) is 9.87. The molecule has 2 saturated carbocycles. The Hall–Kier alpha value is -7.21. The number of carboxylic acids is 2. The summed E-state index contributed by atoms with van der Waals surface area (Å²) in [5.41, 5.74) is -0.302. The van der Waals surface area contributed by atoms with Crippen LogP contribution in [0.2, 0.25) is 0 Å². The SMILES string of the molecule is C[N+]1(CCCOc2ccc(-c3ccccc3)cc2)CCC(OC(=O)C(O)(c2ccccc2)C2CCCC2)C1.C[N+]1(CCCOc2cccc(C(F)(F)F)c2)CCC(OC(=O)C(O)(c2ccccc2)C2CCCC2)C1.O=C([O-])C(F)(F)F.O=C([O-])C(F)(F)F. The number of benzene rings is 5. The molecule has 2 aliphatic heterocycles. The van der Waals surface area contributed by atoms with E-state index in [9.17, 15) is 59.3 Å². The Balaban J connectivity index is 0.000000231. The van der Waals surface area contributed by atoms with Gasteiger partial charge in [0.25, 0.3) is 0 Å². The smallest absolute Gasteiger partial charge is 0.430 e. The normalized spacial score (nSPS) is 21.8. The number of likely N-dealkylation sites (tertiary alicyclic amines) is 2. The number of quaternary nitrogens is 2. The van der Waals surface area contributed by atoms with Gasteiger partial charge in [-0.2, -0.15) is 39.5 Å². The first-order valence-corrected chi connectivity index (χ1v) is 29.2. The first-order chi connectivity index (χ1) is 41.4. The molecular weight excluding hydrogens is 1170 g/mol. The molecule has 5 aromatic rings. The van der Waals surface area contributed by atoms with Crippen LogP contribution in [0.5, 0.6) is 11.5 Å². The van der Waals surface area contributed by atoms with E-state index >= 15 is 0 Å². The topological polar surface area (TPSA) is 192 Å². The van der Waals surface area contributed by atoms with E-state index in [1.54, 1.807) is 12.1 Å². The van der Waals surface area contributed by atoms with Crippen molar-refractivity contribution in [2.75, 3.05) is 66.6 Å². The van der Waals surface area contributed by atoms with Gasteiger partial charge in [-0.3, -0.25) is 0 Å². The molecule has 0 spiro atoms. The van der Waals surface area contributed by atoms with Crippen LogP contribution in [0.3, 0.4) is 0 Å². The Labute approximate surface area is 505 Å². The van der Waals surface area contributed by atoms with Gasteiger partial charge in [-0.25, -0.2) is 9.59 Å². The Morgan fingerprint density at radius 3 is 1.20 bits per heavy atom. The number of likely N-dealkylation sites (N-methyl/N-ethyl adjacent to an activating group) is 2. The van der Waals surface area contributed by atoms with E-state index in [0.717, 1.165) is 119 Å². The maximum absolute atomic E-state index is 13.5. The van der Waals surface area contributed by atoms with Gasteiger partial charge in [-0.05, 0) is 78.3 Å². The zero-order chi connectivity index (χ0) is 64.4. The van der Waals surface area contributed by atoms with Gasteiger partial charge in [0.15, 0.2) is 23.4 Å². The zero-order valence-corrected chi connectivity index (χ0v) is 49.0. The molecule has 6 atom stereocenters. The van der Waals surface area contributed by atoms with Crippen molar-refractivity contribution in [1.82, 2.24) is 0 Å². The highest BCUT2D eigenvalue weighted by Crippen LogP contribution is 2.44. The van der Waals surface area contributed by atoms with Crippen LogP contribution in [0.25, 0.3) is 11.1 Å². The number of esters is 2. The number of ether oxygens (including phenoxy) is 4. The molecule has 4 fully saturated rings. The predicted molar refractivity (Wildman–Crippen MR) is 301 cm³/mol. The summed E-state index contributed by atoms with van der Waals surface area (Å²) in [4.78, 5) is 44.4. The third-order valence-electron chi connectivity index (χ3n) is 16.6. The third-order valence-corrected chi connectivity index (χ3v) is 16.6. The minimum Gasteiger partial charge on any atom is -0.542 e. The second-order valence-electron chi connectivity index (χ2n) is 23.2. The summed E-state index contributed by atoms with van der Waals surface area (Å²) in [7, 11) is 4.31. The van der Waals surface area contributed by atoms with Crippen LogP contribution < -0.4 is 19.7 Å². The molecule has 2 heterocycles. The summed E-state index contributed by atoms with van der Waals surface area (Å²) < 4.78 is 127. The number of carboxylic acid groups (broad SMARTS) is 2. The van der Waals surface area contributed by atoms with Crippen molar-refractivity contribution in [3.05, 3.63) is 156 Å². The summed E-state index contributed by atoms with van der Waals surface area (Å²) in [5, 5.41) is 40.9. The van der Waals surface area contributed by atoms with Crippen LogP contribution in [-0.2, 0) is 46.0 Å². The van der Waals surface area contributed by atoms with Crippen molar-refractivity contribution >= 4 is 23.9 Å². The molecule has 0 aromatic heterocycles. The van der Waals surface area contributed by atoms with Crippen molar-refractivity contribution in [2.45, 2.75) is 119 Å². The molecule has 0 radical (unpaired) electrons. The highest BCUT2D eigenvalue weighted by molar-refractivity contribution is 5.82. The van der Waals surface area contributed by atoms with Gasteiger partial charge in [0.05, 0.1) is 59.1 Å². The molecule has 14 nitrogen and oxygen atoms in total. The number of aliphatic hydroxyl groups is 2. The maximum atomic E-state index is 13.5. The number of rotatable bonds is 19. The molecule has 9 rings (SSSR count). The summed E-state index contributed by atoms with van der Waals surface area (Å²) in [5.74, 6) is -6.20. The van der Waals surface area contributed by atoms with E-state index in [2.05, 4.69) is 38.4 Å². The van der Waals surface area contributed by atoms with E-state index < -0.39 is 59.2 Å². The van der Waals surface area contributed by atoms with Crippen molar-refractivity contribution in [2.24, 2.45) is 11.8 Å². The van der Waals surface area contributed by atoms with Crippen LogP contribution in [0, 0.1) is 11.8 Å². The summed E-state index contributed by atoms with van der Waals surface area (Å²) in [6, 6.07) is 42.0. The van der Waals surface area contributed by atoms with Gasteiger partial charge in [-0.15, -0.1) is 0 Å². The molecule has 2 saturated heterocycles. The number of hydrogen-bond acceptors (Lipinski definition) is 12. The number of halogens is 9. The molecule has 88 heavy (non-hydrogen) atoms. The number of carbonyl (C=O) groups excluding carboxylic acids is 4. The number of hydrogen-bond donors (Lipinski definition) is 2. The molecule has 2 aliphatic carbocycles. The van der Waals surface area contributed by atoms with Crippen LogP contribution in [0.15, 0.2) is 140 Å². The number of aliphatic carboxylic acids is 2. The Morgan fingerprint density at radius 2 is 0.830 bits per heavy atom. The standard InChI is InChI=1S/C33H40NO4.C28H35F3NO4.2C2HF3O2/c1-34(22-10-24-37-30-19-17-27(18-20-30)26-11-4-2-5-12-26)23-21-31(25-34)38-32(35)33(36,29-15-8-9-16-29)28-13-6-3-7-14-28;1-32(16-8-18-35-24-14-7-13-23(19-24)28(29,30)31)17-15-25(20-32)36-26(33)27(34,22-11-5-6-12-22)21-9-3-2-4-10-21;2*3-2(4,5)1(6)7/h2-7,11-14,17-20,29,31,36H,8-10,15-16,21-25H2,1H3;2-4,7,9-10,13-14,19,22,25,34H,5-6,8,11-12,15-18,20H2,1H3;2*(H,6,7)/q2*+1;;/p-2. The third kappa shape index (κ3) is 19.9. The van der Waals surface area contributed by atoms with Crippen molar-refractivity contribution in [3.8, 4) is 22.6 Å². The number of alkyl halides is 9. The first-order valence-electron chi connectivity index (χ1n) is 29.2. The molecule has 5 aromatic carbocycles.